The molecule has 22 heavy (non-hydrogen) atoms. The van der Waals surface area contributed by atoms with Gasteiger partial charge < -0.3 is 14.6 Å². The van der Waals surface area contributed by atoms with Gasteiger partial charge in [0.05, 0.1) is 5.41 Å². The van der Waals surface area contributed by atoms with Gasteiger partial charge in [-0.1, -0.05) is 19.1 Å². The number of rotatable bonds is 6. The molecule has 0 heterocycles. The zero-order chi connectivity index (χ0) is 16.2. The number of esters is 1. The highest BCUT2D eigenvalue weighted by Gasteiger charge is 2.26. The van der Waals surface area contributed by atoms with Gasteiger partial charge in [0.1, 0.15) is 24.7 Å². The van der Waals surface area contributed by atoms with Crippen LogP contribution in [0.3, 0.4) is 0 Å². The highest BCUT2D eigenvalue weighted by atomic mass is 16.6. The number of phenols is 1. The molecule has 0 spiro atoms. The molecule has 1 N–H and O–H groups in total. The molecule has 2 aromatic rings. The average Bonchev–Trinajstić information content (AvgIpc) is 2.51. The lowest BCUT2D eigenvalue weighted by Gasteiger charge is -2.20. The number of hydrogen-bond donors (Lipinski definition) is 1. The van der Waals surface area contributed by atoms with Crippen LogP contribution in [0.2, 0.25) is 0 Å². The van der Waals surface area contributed by atoms with Gasteiger partial charge in [0, 0.05) is 0 Å². The zero-order valence-corrected chi connectivity index (χ0v) is 13.3. The van der Waals surface area contributed by atoms with Crippen molar-refractivity contribution in [3.8, 4) is 11.5 Å². The molecule has 118 valence electrons. The summed E-state index contributed by atoms with van der Waals surface area (Å²) in [4.78, 5) is 11.8. The molecule has 0 aliphatic carbocycles. The fourth-order valence-electron chi connectivity index (χ4n) is 1.93. The molecule has 0 radical (unpaired) electrons. The number of hydrogen-bond acceptors (Lipinski definition) is 4. The zero-order valence-electron chi connectivity index (χ0n) is 13.3. The molecule has 0 amide bonds. The molecule has 4 nitrogen and oxygen atoms in total. The molecule has 0 unspecified atom stereocenters. The Hall–Kier alpha value is -2.23. The molecule has 0 saturated carbocycles. The van der Waals surface area contributed by atoms with E-state index >= 15 is 0 Å². The van der Waals surface area contributed by atoms with Crippen LogP contribution < -0.4 is 4.74 Å². The second-order valence-corrected chi connectivity index (χ2v) is 5.92. The maximum atomic E-state index is 11.8. The third-order valence-corrected chi connectivity index (χ3v) is 3.82. The summed E-state index contributed by atoms with van der Waals surface area (Å²) in [7, 11) is 0. The van der Waals surface area contributed by atoms with Crippen molar-refractivity contribution >= 4 is 16.7 Å². The largest absolute Gasteiger partial charge is 0.508 e. The second kappa shape index (κ2) is 6.69. The Kier molecular flexibility index (Phi) is 4.91. The van der Waals surface area contributed by atoms with Crippen molar-refractivity contribution in [2.24, 2.45) is 5.41 Å². The van der Waals surface area contributed by atoms with Crippen LogP contribution in [0.15, 0.2) is 36.4 Å². The van der Waals surface area contributed by atoms with E-state index in [0.29, 0.717) is 12.4 Å². The van der Waals surface area contributed by atoms with Gasteiger partial charge in [-0.2, -0.15) is 0 Å². The van der Waals surface area contributed by atoms with Gasteiger partial charge in [0.25, 0.3) is 0 Å². The van der Waals surface area contributed by atoms with Gasteiger partial charge >= 0.3 is 5.97 Å². The third-order valence-electron chi connectivity index (χ3n) is 3.82. The normalized spacial score (nSPS) is 11.4. The Morgan fingerprint density at radius 2 is 1.77 bits per heavy atom. The minimum absolute atomic E-state index is 0.201. The summed E-state index contributed by atoms with van der Waals surface area (Å²) >= 11 is 0. The van der Waals surface area contributed by atoms with Gasteiger partial charge in [-0.25, -0.2) is 0 Å². The van der Waals surface area contributed by atoms with Gasteiger partial charge in [0.2, 0.25) is 0 Å². The lowest BCUT2D eigenvalue weighted by atomic mass is 9.91. The topological polar surface area (TPSA) is 55.8 Å². The van der Waals surface area contributed by atoms with E-state index in [2.05, 4.69) is 0 Å². The van der Waals surface area contributed by atoms with Crippen LogP contribution in [0.1, 0.15) is 27.2 Å². The van der Waals surface area contributed by atoms with E-state index in [9.17, 15) is 9.90 Å². The SMILES string of the molecule is CCC(C)(C)C(=O)OCCOc1ccc2cc(O)ccc2c1. The van der Waals surface area contributed by atoms with Crippen LogP contribution in [-0.4, -0.2) is 24.3 Å². The maximum absolute atomic E-state index is 11.8. The Morgan fingerprint density at radius 1 is 1.09 bits per heavy atom. The summed E-state index contributed by atoms with van der Waals surface area (Å²) < 4.78 is 10.8. The number of phenolic OH excluding ortho intramolecular Hbond substituents is 1. The van der Waals surface area contributed by atoms with E-state index in [0.717, 1.165) is 17.2 Å². The summed E-state index contributed by atoms with van der Waals surface area (Å²) in [6.45, 7) is 6.25. The first-order valence-corrected chi connectivity index (χ1v) is 7.45. The number of aromatic hydroxyl groups is 1. The summed E-state index contributed by atoms with van der Waals surface area (Å²) in [5.74, 6) is 0.753. The first-order chi connectivity index (χ1) is 10.4. The molecule has 0 aliphatic rings. The number of ether oxygens (including phenoxy) is 2. The summed E-state index contributed by atoms with van der Waals surface area (Å²) in [6, 6.07) is 10.8. The number of carbonyl (C=O) groups is 1. The molecule has 2 rings (SSSR count). The lowest BCUT2D eigenvalue weighted by Crippen LogP contribution is -2.27. The minimum atomic E-state index is -0.453. The fraction of sp³-hybridized carbons (Fsp3) is 0.389. The molecule has 0 aliphatic heterocycles. The van der Waals surface area contributed by atoms with E-state index < -0.39 is 5.41 Å². The van der Waals surface area contributed by atoms with Gasteiger partial charge in [-0.15, -0.1) is 0 Å². The predicted molar refractivity (Wildman–Crippen MR) is 86.1 cm³/mol. The molecular weight excluding hydrogens is 280 g/mol. The predicted octanol–water partition coefficient (Wildman–Crippen LogP) is 3.90. The molecule has 0 fully saturated rings. The van der Waals surface area contributed by atoms with Crippen LogP contribution in [0.5, 0.6) is 11.5 Å². The van der Waals surface area contributed by atoms with Crippen molar-refractivity contribution in [3.05, 3.63) is 36.4 Å². The molecule has 0 saturated heterocycles. The highest BCUT2D eigenvalue weighted by molar-refractivity contribution is 5.85. The van der Waals surface area contributed by atoms with Crippen LogP contribution >= 0.6 is 0 Å². The monoisotopic (exact) mass is 302 g/mol. The van der Waals surface area contributed by atoms with E-state index in [-0.39, 0.29) is 18.3 Å². The van der Waals surface area contributed by atoms with Crippen LogP contribution in [0, 0.1) is 5.41 Å². The van der Waals surface area contributed by atoms with E-state index in [1.54, 1.807) is 12.1 Å². The van der Waals surface area contributed by atoms with Crippen molar-refractivity contribution in [2.45, 2.75) is 27.2 Å². The molecule has 0 atom stereocenters. The Morgan fingerprint density at radius 3 is 2.50 bits per heavy atom. The summed E-state index contributed by atoms with van der Waals surface area (Å²) in [5.41, 5.74) is -0.453. The first-order valence-electron chi connectivity index (χ1n) is 7.45. The van der Waals surface area contributed by atoms with Gasteiger partial charge in [-0.05, 0) is 55.3 Å². The third kappa shape index (κ3) is 3.91. The van der Waals surface area contributed by atoms with Crippen LogP contribution in [0.4, 0.5) is 0 Å². The molecule has 4 heteroatoms. The minimum Gasteiger partial charge on any atom is -0.508 e. The average molecular weight is 302 g/mol. The lowest BCUT2D eigenvalue weighted by molar-refractivity contribution is -0.154. The summed E-state index contributed by atoms with van der Waals surface area (Å²) in [6.07, 6.45) is 0.740. The Balaban J connectivity index is 1.87. The highest BCUT2D eigenvalue weighted by Crippen LogP contribution is 2.24. The molecule has 0 aromatic heterocycles. The maximum Gasteiger partial charge on any atom is 0.311 e. The van der Waals surface area contributed by atoms with Gasteiger partial charge in [-0.3, -0.25) is 4.79 Å². The van der Waals surface area contributed by atoms with Gasteiger partial charge in [0.15, 0.2) is 0 Å². The van der Waals surface area contributed by atoms with Crippen molar-refractivity contribution in [3.63, 3.8) is 0 Å². The number of fused-ring (bicyclic) bond motifs is 1. The van der Waals surface area contributed by atoms with Crippen molar-refractivity contribution in [1.29, 1.82) is 0 Å². The first kappa shape index (κ1) is 16.1. The molecule has 2 aromatic carbocycles. The Labute approximate surface area is 130 Å². The van der Waals surface area contributed by atoms with Crippen LogP contribution in [0.25, 0.3) is 10.8 Å². The Bertz CT molecular complexity index is 661. The van der Waals surface area contributed by atoms with E-state index in [1.807, 2.05) is 45.0 Å². The number of carbonyl (C=O) groups excluding carboxylic acids is 1. The number of benzene rings is 2. The molecule has 0 bridgehead atoms. The summed E-state index contributed by atoms with van der Waals surface area (Å²) in [5, 5.41) is 11.4. The van der Waals surface area contributed by atoms with Crippen molar-refractivity contribution in [2.75, 3.05) is 13.2 Å². The quantitative estimate of drug-likeness (QED) is 0.649. The second-order valence-electron chi connectivity index (χ2n) is 5.92. The van der Waals surface area contributed by atoms with E-state index in [4.69, 9.17) is 9.47 Å². The standard InChI is InChI=1S/C18H22O4/c1-4-18(2,3)17(20)22-10-9-21-16-8-6-13-11-15(19)7-5-14(13)12-16/h5-8,11-12,19H,4,9-10H2,1-3H3. The smallest absolute Gasteiger partial charge is 0.311 e. The van der Waals surface area contributed by atoms with Crippen molar-refractivity contribution < 1.29 is 19.4 Å². The fourth-order valence-corrected chi connectivity index (χ4v) is 1.93. The molecular formula is C18H22O4. The van der Waals surface area contributed by atoms with Crippen molar-refractivity contribution in [1.82, 2.24) is 0 Å². The van der Waals surface area contributed by atoms with E-state index in [1.165, 1.54) is 0 Å². The van der Waals surface area contributed by atoms with Crippen LogP contribution in [-0.2, 0) is 9.53 Å².